The number of hydrogen-bond donors (Lipinski definition) is 2. The largest absolute Gasteiger partial charge is 0.508 e. The van der Waals surface area contributed by atoms with E-state index in [-0.39, 0.29) is 12.4 Å². The Hall–Kier alpha value is -2.23. The van der Waals surface area contributed by atoms with Gasteiger partial charge in [0, 0.05) is 4.90 Å². The summed E-state index contributed by atoms with van der Waals surface area (Å²) in [6, 6.07) is 25.6. The molecule has 0 radical (unpaired) electrons. The highest BCUT2D eigenvalue weighted by Crippen LogP contribution is 2.41. The van der Waals surface area contributed by atoms with E-state index in [9.17, 15) is 10.2 Å². The summed E-state index contributed by atoms with van der Waals surface area (Å²) in [7, 11) is 0. The number of phenols is 1. The molecule has 1 atom stereocenters. The third-order valence-electron chi connectivity index (χ3n) is 4.08. The topological polar surface area (TPSA) is 40.5 Å². The van der Waals surface area contributed by atoms with Gasteiger partial charge in [-0.2, -0.15) is 0 Å². The van der Waals surface area contributed by atoms with E-state index in [0.717, 1.165) is 16.0 Å². The predicted molar refractivity (Wildman–Crippen MR) is 100 cm³/mol. The maximum absolute atomic E-state index is 9.97. The molecule has 3 heteroatoms. The van der Waals surface area contributed by atoms with Crippen molar-refractivity contribution >= 4 is 11.8 Å². The van der Waals surface area contributed by atoms with E-state index in [0.29, 0.717) is 0 Å². The average molecular weight is 336 g/mol. The lowest BCUT2D eigenvalue weighted by atomic mass is 9.97. The molecule has 2 N–H and O–H groups in total. The summed E-state index contributed by atoms with van der Waals surface area (Å²) in [4.78, 5) is 1.01. The van der Waals surface area contributed by atoms with Crippen molar-refractivity contribution in [3.05, 3.63) is 84.4 Å². The molecule has 3 aromatic carbocycles. The lowest BCUT2D eigenvalue weighted by molar-refractivity contribution is 0.258. The van der Waals surface area contributed by atoms with Crippen LogP contribution in [0.4, 0.5) is 0 Å². The van der Waals surface area contributed by atoms with E-state index < -0.39 is 4.75 Å². The monoisotopic (exact) mass is 336 g/mol. The van der Waals surface area contributed by atoms with Crippen molar-refractivity contribution in [2.75, 3.05) is 6.61 Å². The standard InChI is InChI=1S/C21H20O2S/c1-21(15-22,24-20-13-11-19(23)12-14-20)18-9-7-17(8-10-18)16-5-3-2-4-6-16/h2-14,22-23H,15H2,1H3. The van der Waals surface area contributed by atoms with Crippen LogP contribution >= 0.6 is 11.8 Å². The van der Waals surface area contributed by atoms with Crippen LogP contribution in [0.3, 0.4) is 0 Å². The maximum Gasteiger partial charge on any atom is 0.115 e. The van der Waals surface area contributed by atoms with Gasteiger partial charge < -0.3 is 10.2 Å². The SMILES string of the molecule is CC(CO)(Sc1ccc(O)cc1)c1ccc(-c2ccccc2)cc1. The second-order valence-electron chi connectivity index (χ2n) is 5.93. The highest BCUT2D eigenvalue weighted by molar-refractivity contribution is 8.00. The Bertz CT molecular complexity index is 782. The molecule has 0 aliphatic heterocycles. The summed E-state index contributed by atoms with van der Waals surface area (Å²) in [6.07, 6.45) is 0. The molecule has 0 aliphatic rings. The van der Waals surface area contributed by atoms with Gasteiger partial charge in [0.25, 0.3) is 0 Å². The van der Waals surface area contributed by atoms with E-state index in [1.165, 1.54) is 5.56 Å². The molecular formula is C21H20O2S. The lowest BCUT2D eigenvalue weighted by Crippen LogP contribution is -2.22. The molecule has 0 amide bonds. The summed E-state index contributed by atoms with van der Waals surface area (Å²) in [5.41, 5.74) is 3.41. The van der Waals surface area contributed by atoms with Crippen LogP contribution in [0.25, 0.3) is 11.1 Å². The van der Waals surface area contributed by atoms with Crippen molar-refractivity contribution in [1.82, 2.24) is 0 Å². The van der Waals surface area contributed by atoms with Crippen LogP contribution in [0.15, 0.2) is 83.8 Å². The van der Waals surface area contributed by atoms with Gasteiger partial charge in [-0.15, -0.1) is 11.8 Å². The van der Waals surface area contributed by atoms with Crippen LogP contribution in [-0.4, -0.2) is 16.8 Å². The Kier molecular flexibility index (Phi) is 4.93. The number of rotatable bonds is 5. The fourth-order valence-corrected chi connectivity index (χ4v) is 3.71. The van der Waals surface area contributed by atoms with Gasteiger partial charge in [-0.25, -0.2) is 0 Å². The fraction of sp³-hybridized carbons (Fsp3) is 0.143. The van der Waals surface area contributed by atoms with Crippen molar-refractivity contribution in [3.8, 4) is 16.9 Å². The smallest absolute Gasteiger partial charge is 0.115 e. The number of hydrogen-bond acceptors (Lipinski definition) is 3. The molecule has 0 fully saturated rings. The molecule has 0 aliphatic carbocycles. The summed E-state index contributed by atoms with van der Waals surface area (Å²) >= 11 is 1.59. The third-order valence-corrected chi connectivity index (χ3v) is 5.41. The van der Waals surface area contributed by atoms with Crippen LogP contribution in [0, 0.1) is 0 Å². The molecule has 0 bridgehead atoms. The zero-order chi connectivity index (χ0) is 17.0. The minimum absolute atomic E-state index is 0.0310. The van der Waals surface area contributed by atoms with Gasteiger partial charge in [0.15, 0.2) is 0 Å². The Labute approximate surface area is 146 Å². The molecule has 0 saturated carbocycles. The van der Waals surface area contributed by atoms with Gasteiger partial charge in [0.05, 0.1) is 11.4 Å². The molecule has 3 rings (SSSR count). The zero-order valence-electron chi connectivity index (χ0n) is 13.5. The molecule has 24 heavy (non-hydrogen) atoms. The van der Waals surface area contributed by atoms with Gasteiger partial charge in [-0.3, -0.25) is 0 Å². The first kappa shape index (κ1) is 16.6. The summed E-state index contributed by atoms with van der Waals surface area (Å²) in [6.45, 7) is 2.06. The molecule has 0 aromatic heterocycles. The average Bonchev–Trinajstić information content (AvgIpc) is 2.64. The number of benzene rings is 3. The summed E-state index contributed by atoms with van der Waals surface area (Å²) in [5.74, 6) is 0.247. The highest BCUT2D eigenvalue weighted by atomic mass is 32.2. The Morgan fingerprint density at radius 2 is 1.38 bits per heavy atom. The lowest BCUT2D eigenvalue weighted by Gasteiger charge is -2.27. The number of aromatic hydroxyl groups is 1. The number of aliphatic hydroxyl groups excluding tert-OH is 1. The highest BCUT2D eigenvalue weighted by Gasteiger charge is 2.27. The minimum Gasteiger partial charge on any atom is -0.508 e. The molecule has 3 aromatic rings. The Morgan fingerprint density at radius 1 is 0.792 bits per heavy atom. The van der Waals surface area contributed by atoms with Crippen molar-refractivity contribution in [2.24, 2.45) is 0 Å². The van der Waals surface area contributed by atoms with Crippen LogP contribution in [0.2, 0.25) is 0 Å². The molecule has 122 valence electrons. The van der Waals surface area contributed by atoms with E-state index in [2.05, 4.69) is 36.4 Å². The van der Waals surface area contributed by atoms with Crippen LogP contribution in [0.1, 0.15) is 12.5 Å². The maximum atomic E-state index is 9.97. The van der Waals surface area contributed by atoms with Crippen molar-refractivity contribution in [3.63, 3.8) is 0 Å². The number of thioether (sulfide) groups is 1. The normalized spacial score (nSPS) is 13.4. The van der Waals surface area contributed by atoms with Crippen LogP contribution < -0.4 is 0 Å². The molecule has 2 nitrogen and oxygen atoms in total. The van der Waals surface area contributed by atoms with Crippen LogP contribution in [-0.2, 0) is 4.75 Å². The molecular weight excluding hydrogens is 316 g/mol. The van der Waals surface area contributed by atoms with Gasteiger partial charge in [0.2, 0.25) is 0 Å². The fourth-order valence-electron chi connectivity index (χ4n) is 2.60. The first-order valence-corrected chi connectivity index (χ1v) is 8.67. The quantitative estimate of drug-likeness (QED) is 0.640. The molecule has 0 heterocycles. The Morgan fingerprint density at radius 3 is 1.96 bits per heavy atom. The summed E-state index contributed by atoms with van der Waals surface area (Å²) in [5, 5.41) is 19.4. The van der Waals surface area contributed by atoms with E-state index in [4.69, 9.17) is 0 Å². The number of phenolic OH excluding ortho intramolecular Hbond substituents is 1. The third kappa shape index (κ3) is 3.64. The zero-order valence-corrected chi connectivity index (χ0v) is 14.3. The number of aliphatic hydroxyl groups is 1. The molecule has 0 saturated heterocycles. The second kappa shape index (κ2) is 7.12. The van der Waals surface area contributed by atoms with Crippen LogP contribution in [0.5, 0.6) is 5.75 Å². The summed E-state index contributed by atoms with van der Waals surface area (Å²) < 4.78 is -0.438. The second-order valence-corrected chi connectivity index (χ2v) is 7.50. The first-order valence-electron chi connectivity index (χ1n) is 7.86. The minimum atomic E-state index is -0.438. The van der Waals surface area contributed by atoms with Gasteiger partial charge in [0.1, 0.15) is 5.75 Å². The van der Waals surface area contributed by atoms with E-state index in [1.807, 2.05) is 37.3 Å². The van der Waals surface area contributed by atoms with E-state index in [1.54, 1.807) is 23.9 Å². The molecule has 0 spiro atoms. The van der Waals surface area contributed by atoms with Gasteiger partial charge >= 0.3 is 0 Å². The van der Waals surface area contributed by atoms with Crippen molar-refractivity contribution < 1.29 is 10.2 Å². The first-order chi connectivity index (χ1) is 11.6. The van der Waals surface area contributed by atoms with E-state index >= 15 is 0 Å². The predicted octanol–water partition coefficient (Wildman–Crippen LogP) is 5.06. The van der Waals surface area contributed by atoms with Gasteiger partial charge in [-0.05, 0) is 47.9 Å². The molecule has 1 unspecified atom stereocenters. The Balaban J connectivity index is 1.85. The van der Waals surface area contributed by atoms with Crippen molar-refractivity contribution in [1.29, 1.82) is 0 Å². The van der Waals surface area contributed by atoms with Gasteiger partial charge in [-0.1, -0.05) is 54.6 Å². The van der Waals surface area contributed by atoms with Crippen molar-refractivity contribution in [2.45, 2.75) is 16.6 Å².